The number of benzene rings is 1. The predicted octanol–water partition coefficient (Wildman–Crippen LogP) is 3.14. The maximum Gasteiger partial charge on any atom is 0.243 e. The molecule has 0 bridgehead atoms. The van der Waals surface area contributed by atoms with Crippen LogP contribution in [0.5, 0.6) is 0 Å². The molecule has 0 aromatic heterocycles. The van der Waals surface area contributed by atoms with Crippen molar-refractivity contribution in [2.75, 3.05) is 6.54 Å². The lowest BCUT2D eigenvalue weighted by Gasteiger charge is -2.00. The first-order valence-corrected chi connectivity index (χ1v) is 5.30. The highest BCUT2D eigenvalue weighted by atomic mass is 35.5. The first kappa shape index (κ1) is 12.1. The van der Waals surface area contributed by atoms with E-state index in [-0.39, 0.29) is 5.91 Å². The van der Waals surface area contributed by atoms with Gasteiger partial charge in [0, 0.05) is 12.6 Å². The van der Waals surface area contributed by atoms with Gasteiger partial charge in [0.05, 0.1) is 10.0 Å². The third kappa shape index (κ3) is 3.57. The van der Waals surface area contributed by atoms with Crippen molar-refractivity contribution < 1.29 is 4.79 Å². The highest BCUT2D eigenvalue weighted by Gasteiger charge is 2.01. The fraction of sp³-hybridized carbons (Fsp3) is 0.182. The maximum absolute atomic E-state index is 11.1. The Hall–Kier alpha value is -0.990. The number of hydrogen-bond acceptors (Lipinski definition) is 1. The topological polar surface area (TPSA) is 29.1 Å². The predicted molar refractivity (Wildman–Crippen MR) is 64.2 cm³/mol. The SMILES string of the molecule is CCNC(=O)/C=C\c1cccc(Cl)c1Cl. The largest absolute Gasteiger partial charge is 0.353 e. The highest BCUT2D eigenvalue weighted by molar-refractivity contribution is 6.42. The number of nitrogens with one attached hydrogen (secondary N) is 1. The van der Waals surface area contributed by atoms with Crippen LogP contribution in [-0.4, -0.2) is 12.5 Å². The number of amides is 1. The summed E-state index contributed by atoms with van der Waals surface area (Å²) in [6.45, 7) is 2.46. The fourth-order valence-corrected chi connectivity index (χ4v) is 1.42. The van der Waals surface area contributed by atoms with Crippen LogP contribution in [0.2, 0.25) is 10.0 Å². The van der Waals surface area contributed by atoms with Crippen LogP contribution in [-0.2, 0) is 4.79 Å². The Balaban J connectivity index is 2.81. The molecule has 0 fully saturated rings. The van der Waals surface area contributed by atoms with Crippen molar-refractivity contribution >= 4 is 35.2 Å². The molecule has 0 aliphatic carbocycles. The van der Waals surface area contributed by atoms with Crippen molar-refractivity contribution in [3.05, 3.63) is 39.9 Å². The zero-order valence-corrected chi connectivity index (χ0v) is 9.77. The van der Waals surface area contributed by atoms with E-state index in [1.165, 1.54) is 6.08 Å². The normalized spacial score (nSPS) is 10.6. The molecule has 1 rings (SSSR count). The molecule has 0 atom stereocenters. The minimum absolute atomic E-state index is 0.145. The van der Waals surface area contributed by atoms with Gasteiger partial charge in [-0.2, -0.15) is 0 Å². The van der Waals surface area contributed by atoms with Gasteiger partial charge in [-0.05, 0) is 24.6 Å². The molecule has 0 saturated heterocycles. The molecule has 15 heavy (non-hydrogen) atoms. The van der Waals surface area contributed by atoms with Crippen LogP contribution in [0.4, 0.5) is 0 Å². The Kier molecular flexibility index (Phi) is 4.66. The van der Waals surface area contributed by atoms with E-state index >= 15 is 0 Å². The van der Waals surface area contributed by atoms with Crippen LogP contribution in [0, 0.1) is 0 Å². The Bertz CT molecular complexity index is 388. The molecule has 0 heterocycles. The molecule has 0 aliphatic heterocycles. The van der Waals surface area contributed by atoms with E-state index in [1.807, 2.05) is 6.92 Å². The lowest BCUT2D eigenvalue weighted by molar-refractivity contribution is -0.116. The smallest absolute Gasteiger partial charge is 0.243 e. The molecule has 0 saturated carbocycles. The first-order valence-electron chi connectivity index (χ1n) is 4.55. The molecule has 0 spiro atoms. The number of carbonyl (C=O) groups is 1. The number of halogens is 2. The van der Waals surface area contributed by atoms with Crippen molar-refractivity contribution in [3.8, 4) is 0 Å². The van der Waals surface area contributed by atoms with Gasteiger partial charge in [0.25, 0.3) is 0 Å². The van der Waals surface area contributed by atoms with Gasteiger partial charge in [-0.15, -0.1) is 0 Å². The minimum atomic E-state index is -0.145. The van der Waals surface area contributed by atoms with Gasteiger partial charge < -0.3 is 5.32 Å². The summed E-state index contributed by atoms with van der Waals surface area (Å²) in [6.07, 6.45) is 3.07. The Morgan fingerprint density at radius 3 is 2.87 bits per heavy atom. The molecule has 0 radical (unpaired) electrons. The third-order valence-electron chi connectivity index (χ3n) is 1.75. The Labute approximate surface area is 98.9 Å². The van der Waals surface area contributed by atoms with Crippen molar-refractivity contribution in [3.63, 3.8) is 0 Å². The molecule has 80 valence electrons. The minimum Gasteiger partial charge on any atom is -0.353 e. The average Bonchev–Trinajstić information content (AvgIpc) is 2.21. The van der Waals surface area contributed by atoms with Gasteiger partial charge in [-0.1, -0.05) is 35.3 Å². The summed E-state index contributed by atoms with van der Waals surface area (Å²) >= 11 is 11.8. The molecule has 1 aromatic carbocycles. The molecular weight excluding hydrogens is 233 g/mol. The molecule has 1 N–H and O–H groups in total. The number of carbonyl (C=O) groups excluding carboxylic acids is 1. The monoisotopic (exact) mass is 243 g/mol. The third-order valence-corrected chi connectivity index (χ3v) is 2.58. The van der Waals surface area contributed by atoms with Gasteiger partial charge in [0.2, 0.25) is 5.91 Å². The van der Waals surface area contributed by atoms with Crippen LogP contribution in [0.15, 0.2) is 24.3 Å². The molecule has 2 nitrogen and oxygen atoms in total. The van der Waals surface area contributed by atoms with Crippen LogP contribution in [0.1, 0.15) is 12.5 Å². The van der Waals surface area contributed by atoms with E-state index in [4.69, 9.17) is 23.2 Å². The second-order valence-electron chi connectivity index (χ2n) is 2.87. The Morgan fingerprint density at radius 2 is 2.20 bits per heavy atom. The van der Waals surface area contributed by atoms with Gasteiger partial charge in [0.15, 0.2) is 0 Å². The van der Waals surface area contributed by atoms with E-state index in [0.717, 1.165) is 5.56 Å². The summed E-state index contributed by atoms with van der Waals surface area (Å²) in [6, 6.07) is 5.28. The van der Waals surface area contributed by atoms with E-state index in [0.29, 0.717) is 16.6 Å². The summed E-state index contributed by atoms with van der Waals surface area (Å²) in [5, 5.41) is 3.59. The molecular formula is C11H11Cl2NO. The van der Waals surface area contributed by atoms with Crippen LogP contribution in [0.25, 0.3) is 6.08 Å². The average molecular weight is 244 g/mol. The number of hydrogen-bond donors (Lipinski definition) is 1. The van der Waals surface area contributed by atoms with Gasteiger partial charge in [0.1, 0.15) is 0 Å². The standard InChI is InChI=1S/C11H11Cl2NO/c1-2-14-10(15)7-6-8-4-3-5-9(12)11(8)13/h3-7H,2H2,1H3,(H,14,15)/b7-6-. The molecule has 0 unspecified atom stereocenters. The van der Waals surface area contributed by atoms with Gasteiger partial charge in [-0.25, -0.2) is 0 Å². The van der Waals surface area contributed by atoms with Crippen LogP contribution in [0.3, 0.4) is 0 Å². The quantitative estimate of drug-likeness (QED) is 0.813. The summed E-state index contributed by atoms with van der Waals surface area (Å²) in [5.74, 6) is -0.145. The van der Waals surface area contributed by atoms with Crippen LogP contribution < -0.4 is 5.32 Å². The lowest BCUT2D eigenvalue weighted by Crippen LogP contribution is -2.19. The van der Waals surface area contributed by atoms with Gasteiger partial charge >= 0.3 is 0 Å². The van der Waals surface area contributed by atoms with Crippen molar-refractivity contribution in [2.45, 2.75) is 6.92 Å². The van der Waals surface area contributed by atoms with E-state index in [2.05, 4.69) is 5.32 Å². The molecule has 4 heteroatoms. The second kappa shape index (κ2) is 5.79. The lowest BCUT2D eigenvalue weighted by atomic mass is 10.2. The number of rotatable bonds is 3. The Morgan fingerprint density at radius 1 is 1.47 bits per heavy atom. The van der Waals surface area contributed by atoms with E-state index in [1.54, 1.807) is 24.3 Å². The van der Waals surface area contributed by atoms with Crippen molar-refractivity contribution in [1.29, 1.82) is 0 Å². The second-order valence-corrected chi connectivity index (χ2v) is 3.66. The molecule has 1 amide bonds. The zero-order chi connectivity index (χ0) is 11.3. The van der Waals surface area contributed by atoms with Crippen LogP contribution >= 0.6 is 23.2 Å². The summed E-state index contributed by atoms with van der Waals surface area (Å²) in [7, 11) is 0. The van der Waals surface area contributed by atoms with Crippen molar-refractivity contribution in [1.82, 2.24) is 5.32 Å². The fourth-order valence-electron chi connectivity index (χ4n) is 1.05. The highest BCUT2D eigenvalue weighted by Crippen LogP contribution is 2.26. The summed E-state index contributed by atoms with van der Waals surface area (Å²) < 4.78 is 0. The van der Waals surface area contributed by atoms with Gasteiger partial charge in [-0.3, -0.25) is 4.79 Å². The molecule has 1 aromatic rings. The summed E-state index contributed by atoms with van der Waals surface area (Å²) in [4.78, 5) is 11.1. The maximum atomic E-state index is 11.1. The van der Waals surface area contributed by atoms with E-state index in [9.17, 15) is 4.79 Å². The molecule has 0 aliphatic rings. The number of likely N-dealkylation sites (N-methyl/N-ethyl adjacent to an activating group) is 1. The first-order chi connectivity index (χ1) is 7.15. The van der Waals surface area contributed by atoms with Crippen molar-refractivity contribution in [2.24, 2.45) is 0 Å². The summed E-state index contributed by atoms with van der Waals surface area (Å²) in [5.41, 5.74) is 0.732. The van der Waals surface area contributed by atoms with E-state index < -0.39 is 0 Å². The zero-order valence-electron chi connectivity index (χ0n) is 8.26.